The van der Waals surface area contributed by atoms with Crippen LogP contribution in [0.2, 0.25) is 10.0 Å². The molecule has 5 heteroatoms. The van der Waals surface area contributed by atoms with Crippen LogP contribution in [0, 0.1) is 0 Å². The number of benzene rings is 3. The molecule has 0 fully saturated rings. The van der Waals surface area contributed by atoms with Crippen LogP contribution < -0.4 is 4.90 Å². The summed E-state index contributed by atoms with van der Waals surface area (Å²) in [5.41, 5.74) is 2.46. The molecule has 0 aliphatic heterocycles. The molecule has 0 bridgehead atoms. The lowest BCUT2D eigenvalue weighted by Crippen LogP contribution is -2.41. The van der Waals surface area contributed by atoms with Gasteiger partial charge in [-0.25, -0.2) is 4.79 Å². The molecule has 150 valence electrons. The van der Waals surface area contributed by atoms with Crippen molar-refractivity contribution in [1.82, 2.24) is 4.90 Å². The first-order valence-corrected chi connectivity index (χ1v) is 10.5. The third kappa shape index (κ3) is 5.53. The Labute approximate surface area is 182 Å². The maximum absolute atomic E-state index is 13.8. The van der Waals surface area contributed by atoms with Gasteiger partial charge in [0.25, 0.3) is 0 Å². The van der Waals surface area contributed by atoms with Crippen LogP contribution in [0.4, 0.5) is 16.2 Å². The van der Waals surface area contributed by atoms with Crippen LogP contribution in [0.5, 0.6) is 0 Å². The number of nitrogens with zero attached hydrogens (tertiary/aromatic N) is 2. The van der Waals surface area contributed by atoms with Gasteiger partial charge in [-0.1, -0.05) is 85.1 Å². The van der Waals surface area contributed by atoms with Gasteiger partial charge in [0.1, 0.15) is 0 Å². The number of anilines is 2. The summed E-state index contributed by atoms with van der Waals surface area (Å²) in [5.74, 6) is 0. The first kappa shape index (κ1) is 21.2. The van der Waals surface area contributed by atoms with E-state index in [9.17, 15) is 4.79 Å². The van der Waals surface area contributed by atoms with Crippen LogP contribution in [-0.2, 0) is 6.54 Å². The predicted octanol–water partition coefficient (Wildman–Crippen LogP) is 7.55. The summed E-state index contributed by atoms with van der Waals surface area (Å²) in [7, 11) is 0. The topological polar surface area (TPSA) is 23.6 Å². The van der Waals surface area contributed by atoms with Crippen molar-refractivity contribution in [2.24, 2.45) is 0 Å². The number of halogens is 2. The molecule has 0 N–H and O–H groups in total. The van der Waals surface area contributed by atoms with Crippen LogP contribution in [0.15, 0.2) is 78.9 Å². The number of unbranched alkanes of at least 4 members (excludes halogenated alkanes) is 1. The number of amides is 2. The molecule has 29 heavy (non-hydrogen) atoms. The minimum absolute atomic E-state index is 0.113. The molecular formula is C24H24Cl2N2O. The van der Waals surface area contributed by atoms with Crippen molar-refractivity contribution in [3.8, 4) is 0 Å². The Morgan fingerprint density at radius 3 is 2.17 bits per heavy atom. The molecule has 0 radical (unpaired) electrons. The van der Waals surface area contributed by atoms with Crippen LogP contribution in [0.25, 0.3) is 0 Å². The molecule has 0 unspecified atom stereocenters. The van der Waals surface area contributed by atoms with Gasteiger partial charge >= 0.3 is 6.03 Å². The smallest absolute Gasteiger partial charge is 0.320 e. The molecule has 0 saturated carbocycles. The number of hydrogen-bond donors (Lipinski definition) is 0. The molecule has 0 aliphatic rings. The van der Waals surface area contributed by atoms with E-state index in [1.165, 1.54) is 0 Å². The zero-order valence-electron chi connectivity index (χ0n) is 16.4. The molecule has 3 rings (SSSR count). The van der Waals surface area contributed by atoms with Crippen molar-refractivity contribution < 1.29 is 4.79 Å². The van der Waals surface area contributed by atoms with Gasteiger partial charge in [-0.05, 0) is 42.3 Å². The third-order valence-corrected chi connectivity index (χ3v) is 5.16. The quantitative estimate of drug-likeness (QED) is 0.382. The fourth-order valence-electron chi connectivity index (χ4n) is 3.13. The number of carbonyl (C=O) groups is 1. The van der Waals surface area contributed by atoms with E-state index < -0.39 is 0 Å². The average Bonchev–Trinajstić information content (AvgIpc) is 2.74. The molecule has 0 heterocycles. The van der Waals surface area contributed by atoms with E-state index in [2.05, 4.69) is 6.92 Å². The Morgan fingerprint density at radius 1 is 0.897 bits per heavy atom. The SMILES string of the molecule is CCCCN(Cc1ccccc1)C(=O)N(c1ccccc1)c1ccc(Cl)cc1Cl. The molecule has 0 spiro atoms. The first-order chi connectivity index (χ1) is 14.1. The third-order valence-electron chi connectivity index (χ3n) is 4.62. The van der Waals surface area contributed by atoms with Crippen LogP contribution in [0.1, 0.15) is 25.3 Å². The van der Waals surface area contributed by atoms with Gasteiger partial charge in [0.05, 0.1) is 16.4 Å². The van der Waals surface area contributed by atoms with E-state index in [0.717, 1.165) is 24.1 Å². The van der Waals surface area contributed by atoms with Gasteiger partial charge in [-0.3, -0.25) is 4.90 Å². The van der Waals surface area contributed by atoms with Gasteiger partial charge in [0.15, 0.2) is 0 Å². The minimum Gasteiger partial charge on any atom is -0.320 e. The van der Waals surface area contributed by atoms with Crippen molar-refractivity contribution in [1.29, 1.82) is 0 Å². The van der Waals surface area contributed by atoms with Gasteiger partial charge in [-0.2, -0.15) is 0 Å². The largest absolute Gasteiger partial charge is 0.329 e. The van der Waals surface area contributed by atoms with E-state index in [1.807, 2.05) is 65.6 Å². The molecule has 3 aromatic rings. The van der Waals surface area contributed by atoms with Crippen molar-refractivity contribution >= 4 is 40.6 Å². The molecule has 0 atom stereocenters. The molecule has 0 aromatic heterocycles. The Hall–Kier alpha value is -2.49. The summed E-state index contributed by atoms with van der Waals surface area (Å²) in [5, 5.41) is 0.969. The van der Waals surface area contributed by atoms with Crippen molar-refractivity contribution in [2.45, 2.75) is 26.3 Å². The summed E-state index contributed by atoms with van der Waals surface area (Å²) >= 11 is 12.6. The lowest BCUT2D eigenvalue weighted by atomic mass is 10.2. The Kier molecular flexibility index (Phi) is 7.56. The fraction of sp³-hybridized carbons (Fsp3) is 0.208. The van der Waals surface area contributed by atoms with E-state index in [4.69, 9.17) is 23.2 Å². The van der Waals surface area contributed by atoms with E-state index >= 15 is 0 Å². The first-order valence-electron chi connectivity index (χ1n) is 9.73. The van der Waals surface area contributed by atoms with Crippen molar-refractivity contribution in [2.75, 3.05) is 11.4 Å². The lowest BCUT2D eigenvalue weighted by Gasteiger charge is -2.31. The predicted molar refractivity (Wildman–Crippen MR) is 122 cm³/mol. The highest BCUT2D eigenvalue weighted by atomic mass is 35.5. The maximum Gasteiger partial charge on any atom is 0.329 e. The number of carbonyl (C=O) groups excluding carboxylic acids is 1. The highest BCUT2D eigenvalue weighted by molar-refractivity contribution is 6.37. The zero-order chi connectivity index (χ0) is 20.6. The Bertz CT molecular complexity index is 932. The molecule has 3 nitrogen and oxygen atoms in total. The molecule has 0 saturated heterocycles. The average molecular weight is 427 g/mol. The van der Waals surface area contributed by atoms with E-state index in [1.54, 1.807) is 23.1 Å². The standard InChI is InChI=1S/C24H24Cl2N2O/c1-2-3-16-27(18-19-10-6-4-7-11-19)24(29)28(21-12-8-5-9-13-21)23-15-14-20(25)17-22(23)26/h4-15,17H,2-3,16,18H2,1H3. The van der Waals surface area contributed by atoms with Crippen LogP contribution >= 0.6 is 23.2 Å². The highest BCUT2D eigenvalue weighted by Gasteiger charge is 2.25. The summed E-state index contributed by atoms with van der Waals surface area (Å²) < 4.78 is 0. The zero-order valence-corrected chi connectivity index (χ0v) is 17.9. The number of urea groups is 1. The number of rotatable bonds is 7. The fourth-order valence-corrected chi connectivity index (χ4v) is 3.62. The van der Waals surface area contributed by atoms with Gasteiger partial charge in [0, 0.05) is 18.1 Å². The second-order valence-corrected chi connectivity index (χ2v) is 7.65. The Balaban J connectivity index is 2.00. The molecule has 3 aromatic carbocycles. The highest BCUT2D eigenvalue weighted by Crippen LogP contribution is 2.35. The monoisotopic (exact) mass is 426 g/mol. The number of para-hydroxylation sites is 1. The lowest BCUT2D eigenvalue weighted by molar-refractivity contribution is 0.203. The van der Waals surface area contributed by atoms with Crippen LogP contribution in [0.3, 0.4) is 0 Å². The van der Waals surface area contributed by atoms with Crippen molar-refractivity contribution in [3.05, 3.63) is 94.5 Å². The minimum atomic E-state index is -0.113. The molecule has 2 amide bonds. The molecule has 0 aliphatic carbocycles. The second-order valence-electron chi connectivity index (χ2n) is 6.81. The second kappa shape index (κ2) is 10.3. The summed E-state index contributed by atoms with van der Waals surface area (Å²) in [4.78, 5) is 17.3. The normalized spacial score (nSPS) is 10.6. The summed E-state index contributed by atoms with van der Waals surface area (Å²) in [6.45, 7) is 3.32. The van der Waals surface area contributed by atoms with Crippen molar-refractivity contribution in [3.63, 3.8) is 0 Å². The van der Waals surface area contributed by atoms with E-state index in [-0.39, 0.29) is 6.03 Å². The van der Waals surface area contributed by atoms with Gasteiger partial charge < -0.3 is 4.90 Å². The van der Waals surface area contributed by atoms with Crippen LogP contribution in [-0.4, -0.2) is 17.5 Å². The van der Waals surface area contributed by atoms with Gasteiger partial charge in [0.2, 0.25) is 0 Å². The Morgan fingerprint density at radius 2 is 1.55 bits per heavy atom. The summed E-state index contributed by atoms with van der Waals surface area (Å²) in [6, 6.07) is 24.7. The van der Waals surface area contributed by atoms with Gasteiger partial charge in [-0.15, -0.1) is 0 Å². The maximum atomic E-state index is 13.8. The number of hydrogen-bond acceptors (Lipinski definition) is 1. The van der Waals surface area contributed by atoms with E-state index in [0.29, 0.717) is 28.8 Å². The molecular weight excluding hydrogens is 403 g/mol. The summed E-state index contributed by atoms with van der Waals surface area (Å²) in [6.07, 6.45) is 1.93.